The van der Waals surface area contributed by atoms with Gasteiger partial charge in [0.05, 0.1) is 0 Å². The van der Waals surface area contributed by atoms with E-state index in [2.05, 4.69) is 0 Å². The Kier molecular flexibility index (Phi) is 9.81. The van der Waals surface area contributed by atoms with Gasteiger partial charge in [-0.25, -0.2) is 0 Å². The Morgan fingerprint density at radius 3 is 2.30 bits per heavy atom. The van der Waals surface area contributed by atoms with Crippen molar-refractivity contribution in [2.75, 3.05) is 0 Å². The van der Waals surface area contributed by atoms with Gasteiger partial charge in [-0.05, 0) is 12.0 Å². The summed E-state index contributed by atoms with van der Waals surface area (Å²) in [6, 6.07) is 0. The first-order valence-electron chi connectivity index (χ1n) is 3.24. The van der Waals surface area contributed by atoms with E-state index in [1.165, 1.54) is 0 Å². The van der Waals surface area contributed by atoms with E-state index in [1.54, 1.807) is 0 Å². The zero-order valence-corrected chi connectivity index (χ0v) is 6.50. The Hall–Kier alpha value is -0.785. The molecule has 0 aromatic heterocycles. The van der Waals surface area contributed by atoms with Crippen molar-refractivity contribution in [2.45, 2.75) is 20.3 Å². The summed E-state index contributed by atoms with van der Waals surface area (Å²) in [4.78, 5) is 9.90. The predicted molar refractivity (Wildman–Crippen MR) is 45.0 cm³/mol. The highest BCUT2D eigenvalue weighted by atomic mass is 16.1. The SMILES string of the molecule is CC.O=CC1=CC=CC1.[B]. The molecule has 1 rings (SSSR count). The molecule has 10 heavy (non-hydrogen) atoms. The fraction of sp³-hybridized carbons (Fsp3) is 0.375. The van der Waals surface area contributed by atoms with Gasteiger partial charge in [0.15, 0.2) is 0 Å². The van der Waals surface area contributed by atoms with Crippen LogP contribution in [0.25, 0.3) is 0 Å². The fourth-order valence-corrected chi connectivity index (χ4v) is 0.551. The van der Waals surface area contributed by atoms with Crippen LogP contribution in [0.3, 0.4) is 0 Å². The molecule has 0 spiro atoms. The van der Waals surface area contributed by atoms with Crippen LogP contribution in [0.4, 0.5) is 0 Å². The lowest BCUT2D eigenvalue weighted by Crippen LogP contribution is -1.73. The van der Waals surface area contributed by atoms with Gasteiger partial charge in [-0.2, -0.15) is 0 Å². The number of hydrogen-bond acceptors (Lipinski definition) is 1. The smallest absolute Gasteiger partial charge is 0.146 e. The normalized spacial score (nSPS) is 12.4. The lowest BCUT2D eigenvalue weighted by atomic mass is 10.3. The molecule has 0 N–H and O–H groups in total. The molecular formula is C8H12BO. The molecular weight excluding hydrogens is 123 g/mol. The summed E-state index contributed by atoms with van der Waals surface area (Å²) >= 11 is 0. The zero-order chi connectivity index (χ0) is 7.11. The molecule has 1 aliphatic rings. The van der Waals surface area contributed by atoms with Crippen molar-refractivity contribution < 1.29 is 4.79 Å². The summed E-state index contributed by atoms with van der Waals surface area (Å²) in [6.45, 7) is 4.00. The molecule has 1 aliphatic carbocycles. The van der Waals surface area contributed by atoms with Crippen molar-refractivity contribution in [2.24, 2.45) is 0 Å². The van der Waals surface area contributed by atoms with Crippen LogP contribution >= 0.6 is 0 Å². The van der Waals surface area contributed by atoms with Crippen molar-refractivity contribution in [3.63, 3.8) is 0 Å². The number of carbonyl (C=O) groups excluding carboxylic acids is 1. The second-order valence-electron chi connectivity index (χ2n) is 1.49. The van der Waals surface area contributed by atoms with Gasteiger partial charge in [0, 0.05) is 8.41 Å². The maximum Gasteiger partial charge on any atom is 0.146 e. The van der Waals surface area contributed by atoms with Crippen LogP contribution in [-0.4, -0.2) is 14.7 Å². The van der Waals surface area contributed by atoms with Crippen molar-refractivity contribution in [3.05, 3.63) is 23.8 Å². The van der Waals surface area contributed by atoms with Crippen molar-refractivity contribution in [1.82, 2.24) is 0 Å². The van der Waals surface area contributed by atoms with Crippen molar-refractivity contribution in [1.29, 1.82) is 0 Å². The molecule has 0 saturated carbocycles. The molecule has 2 heteroatoms. The largest absolute Gasteiger partial charge is 0.298 e. The average molecular weight is 135 g/mol. The zero-order valence-electron chi connectivity index (χ0n) is 6.50. The van der Waals surface area contributed by atoms with E-state index in [9.17, 15) is 4.79 Å². The van der Waals surface area contributed by atoms with Gasteiger partial charge in [-0.3, -0.25) is 4.79 Å². The third kappa shape index (κ3) is 4.13. The average Bonchev–Trinajstić information content (AvgIpc) is 2.43. The molecule has 0 bridgehead atoms. The van der Waals surface area contributed by atoms with Gasteiger partial charge in [0.2, 0.25) is 0 Å². The summed E-state index contributed by atoms with van der Waals surface area (Å²) in [6.07, 6.45) is 7.39. The Morgan fingerprint density at radius 2 is 2.10 bits per heavy atom. The van der Waals surface area contributed by atoms with Gasteiger partial charge in [-0.1, -0.05) is 32.1 Å². The molecule has 0 aromatic carbocycles. The minimum Gasteiger partial charge on any atom is -0.298 e. The van der Waals surface area contributed by atoms with Gasteiger partial charge in [-0.15, -0.1) is 0 Å². The standard InChI is InChI=1S/C6H6O.C2H6.B/c7-5-6-3-1-2-4-6;1-2;/h1-3,5H,4H2;1-2H3;. The first kappa shape index (κ1) is 11.9. The van der Waals surface area contributed by atoms with Crippen LogP contribution in [-0.2, 0) is 4.79 Å². The molecule has 53 valence electrons. The maximum absolute atomic E-state index is 9.90. The van der Waals surface area contributed by atoms with Crippen LogP contribution in [0.2, 0.25) is 0 Å². The van der Waals surface area contributed by atoms with E-state index in [0.717, 1.165) is 18.3 Å². The third-order valence-corrected chi connectivity index (χ3v) is 0.951. The monoisotopic (exact) mass is 135 g/mol. The van der Waals surface area contributed by atoms with E-state index in [4.69, 9.17) is 0 Å². The van der Waals surface area contributed by atoms with Crippen LogP contribution in [0.15, 0.2) is 23.8 Å². The van der Waals surface area contributed by atoms with Crippen molar-refractivity contribution >= 4 is 14.7 Å². The molecule has 0 saturated heterocycles. The molecule has 0 amide bonds. The lowest BCUT2D eigenvalue weighted by molar-refractivity contribution is -0.104. The highest BCUT2D eigenvalue weighted by molar-refractivity contribution is 5.75. The summed E-state index contributed by atoms with van der Waals surface area (Å²) in [7, 11) is 0. The summed E-state index contributed by atoms with van der Waals surface area (Å²) in [5, 5.41) is 0. The molecule has 0 heterocycles. The predicted octanol–water partition coefficient (Wildman–Crippen LogP) is 1.72. The Bertz CT molecular complexity index is 136. The Balaban J connectivity index is 0. The second-order valence-corrected chi connectivity index (χ2v) is 1.49. The Labute approximate surface area is 64.4 Å². The highest BCUT2D eigenvalue weighted by Crippen LogP contribution is 2.05. The summed E-state index contributed by atoms with van der Waals surface area (Å²) in [5.41, 5.74) is 0.875. The third-order valence-electron chi connectivity index (χ3n) is 0.951. The molecule has 1 nitrogen and oxygen atoms in total. The summed E-state index contributed by atoms with van der Waals surface area (Å²) < 4.78 is 0. The highest BCUT2D eigenvalue weighted by Gasteiger charge is 1.92. The van der Waals surface area contributed by atoms with E-state index in [-0.39, 0.29) is 8.41 Å². The van der Waals surface area contributed by atoms with E-state index in [1.807, 2.05) is 32.1 Å². The first-order chi connectivity index (χ1) is 4.43. The Morgan fingerprint density at radius 1 is 1.50 bits per heavy atom. The molecule has 3 radical (unpaired) electrons. The minimum atomic E-state index is 0. The fourth-order valence-electron chi connectivity index (χ4n) is 0.551. The summed E-state index contributed by atoms with van der Waals surface area (Å²) in [5.74, 6) is 0. The quantitative estimate of drug-likeness (QED) is 0.395. The number of hydrogen-bond donors (Lipinski definition) is 0. The van der Waals surface area contributed by atoms with Crippen LogP contribution in [0, 0.1) is 0 Å². The van der Waals surface area contributed by atoms with Crippen molar-refractivity contribution in [3.8, 4) is 0 Å². The first-order valence-corrected chi connectivity index (χ1v) is 3.24. The van der Waals surface area contributed by atoms with Gasteiger partial charge in [0.25, 0.3) is 0 Å². The molecule has 0 aliphatic heterocycles. The van der Waals surface area contributed by atoms with Gasteiger partial charge in [0.1, 0.15) is 6.29 Å². The molecule has 0 unspecified atom stereocenters. The van der Waals surface area contributed by atoms with E-state index >= 15 is 0 Å². The number of aldehydes is 1. The second kappa shape index (κ2) is 8.21. The van der Waals surface area contributed by atoms with Crippen LogP contribution < -0.4 is 0 Å². The van der Waals surface area contributed by atoms with Gasteiger partial charge < -0.3 is 0 Å². The number of allylic oxidation sites excluding steroid dienone is 4. The molecule has 0 fully saturated rings. The minimum absolute atomic E-state index is 0. The maximum atomic E-state index is 9.90. The van der Waals surface area contributed by atoms with Gasteiger partial charge >= 0.3 is 0 Å². The van der Waals surface area contributed by atoms with Crippen LogP contribution in [0.5, 0.6) is 0 Å². The number of carbonyl (C=O) groups is 1. The van der Waals surface area contributed by atoms with Crippen LogP contribution in [0.1, 0.15) is 20.3 Å². The topological polar surface area (TPSA) is 17.1 Å². The van der Waals surface area contributed by atoms with E-state index in [0.29, 0.717) is 0 Å². The molecule has 0 aromatic rings. The number of rotatable bonds is 1. The lowest BCUT2D eigenvalue weighted by Gasteiger charge is -1.78. The van der Waals surface area contributed by atoms with E-state index < -0.39 is 0 Å². The molecule has 0 atom stereocenters.